The van der Waals surface area contributed by atoms with E-state index in [-0.39, 0.29) is 5.91 Å². The van der Waals surface area contributed by atoms with Crippen LogP contribution < -0.4 is 5.32 Å². The number of hydrogen-bond acceptors (Lipinski definition) is 5. The molecule has 5 nitrogen and oxygen atoms in total. The smallest absolute Gasteiger partial charge is 0.293 e. The molecule has 2 aromatic heterocycles. The Kier molecular flexibility index (Phi) is 3.47. The number of hydrogen-bond donors (Lipinski definition) is 1. The fourth-order valence-electron chi connectivity index (χ4n) is 2.15. The molecule has 0 aliphatic rings. The molecule has 2 heterocycles. The summed E-state index contributed by atoms with van der Waals surface area (Å²) in [4.78, 5) is 12.3. The molecule has 3 rings (SSSR count). The van der Waals surface area contributed by atoms with E-state index in [1.165, 1.54) is 11.3 Å². The van der Waals surface area contributed by atoms with Gasteiger partial charge in [0.05, 0.1) is 0 Å². The number of amides is 1. The van der Waals surface area contributed by atoms with Crippen molar-refractivity contribution in [3.63, 3.8) is 0 Å². The number of carbonyl (C=O) groups excluding carboxylic acids is 1. The molecule has 0 fully saturated rings. The molecule has 21 heavy (non-hydrogen) atoms. The minimum atomic E-state index is -0.292. The van der Waals surface area contributed by atoms with Crippen LogP contribution in [0.2, 0.25) is 0 Å². The second-order valence-corrected chi connectivity index (χ2v) is 5.93. The number of benzene rings is 1. The van der Waals surface area contributed by atoms with Crippen molar-refractivity contribution in [3.05, 3.63) is 40.1 Å². The summed E-state index contributed by atoms with van der Waals surface area (Å²) >= 11 is 1.38. The van der Waals surface area contributed by atoms with Crippen LogP contribution >= 0.6 is 11.3 Å². The molecule has 6 heteroatoms. The predicted molar refractivity (Wildman–Crippen MR) is 82.9 cm³/mol. The van der Waals surface area contributed by atoms with Crippen molar-refractivity contribution in [2.45, 2.75) is 27.2 Å². The number of rotatable bonds is 3. The van der Waals surface area contributed by atoms with E-state index in [9.17, 15) is 4.79 Å². The van der Waals surface area contributed by atoms with Crippen LogP contribution in [0.4, 0.5) is 5.13 Å². The van der Waals surface area contributed by atoms with E-state index < -0.39 is 0 Å². The SMILES string of the molecule is CCc1nnc(NC(=O)c2oc3ccc(C)cc3c2C)s1. The molecule has 1 N–H and O–H groups in total. The van der Waals surface area contributed by atoms with Crippen LogP contribution in [0, 0.1) is 13.8 Å². The standard InChI is InChI=1S/C15H15N3O2S/c1-4-12-17-18-15(21-12)16-14(19)13-9(3)10-7-8(2)5-6-11(10)20-13/h5-7H,4H2,1-3H3,(H,16,18,19). The number of fused-ring (bicyclic) bond motifs is 1. The van der Waals surface area contributed by atoms with E-state index in [1.54, 1.807) is 0 Å². The van der Waals surface area contributed by atoms with Gasteiger partial charge in [-0.2, -0.15) is 0 Å². The van der Waals surface area contributed by atoms with Gasteiger partial charge in [0.15, 0.2) is 5.76 Å². The average Bonchev–Trinajstić information content (AvgIpc) is 3.04. The van der Waals surface area contributed by atoms with Crippen LogP contribution in [0.5, 0.6) is 0 Å². The Morgan fingerprint density at radius 1 is 1.33 bits per heavy atom. The number of aromatic nitrogens is 2. The summed E-state index contributed by atoms with van der Waals surface area (Å²) in [5, 5.41) is 13.0. The van der Waals surface area contributed by atoms with Gasteiger partial charge in [0.1, 0.15) is 10.6 Å². The largest absolute Gasteiger partial charge is 0.451 e. The Morgan fingerprint density at radius 3 is 2.86 bits per heavy atom. The molecule has 0 atom stereocenters. The zero-order valence-electron chi connectivity index (χ0n) is 12.1. The molecule has 3 aromatic rings. The lowest BCUT2D eigenvalue weighted by atomic mass is 10.1. The van der Waals surface area contributed by atoms with Gasteiger partial charge in [-0.3, -0.25) is 10.1 Å². The summed E-state index contributed by atoms with van der Waals surface area (Å²) in [5.41, 5.74) is 2.69. The zero-order valence-corrected chi connectivity index (χ0v) is 12.9. The van der Waals surface area contributed by atoms with E-state index in [2.05, 4.69) is 15.5 Å². The first kappa shape index (κ1) is 13.8. The molecule has 108 valence electrons. The van der Waals surface area contributed by atoms with Gasteiger partial charge in [0.25, 0.3) is 5.91 Å². The normalized spacial score (nSPS) is 11.0. The van der Waals surface area contributed by atoms with Crippen LogP contribution in [0.1, 0.15) is 33.6 Å². The minimum Gasteiger partial charge on any atom is -0.451 e. The summed E-state index contributed by atoms with van der Waals surface area (Å²) in [6.07, 6.45) is 0.802. The maximum Gasteiger partial charge on any atom is 0.293 e. The second-order valence-electron chi connectivity index (χ2n) is 4.86. The molecular weight excluding hydrogens is 286 g/mol. The first-order valence-corrected chi connectivity index (χ1v) is 7.53. The molecule has 1 amide bonds. The van der Waals surface area contributed by atoms with E-state index >= 15 is 0 Å². The van der Waals surface area contributed by atoms with Crippen LogP contribution in [-0.2, 0) is 6.42 Å². The molecule has 0 saturated heterocycles. The van der Waals surface area contributed by atoms with Gasteiger partial charge in [-0.05, 0) is 32.4 Å². The number of nitrogens with one attached hydrogen (secondary N) is 1. The number of nitrogens with zero attached hydrogens (tertiary/aromatic N) is 2. The summed E-state index contributed by atoms with van der Waals surface area (Å²) in [7, 11) is 0. The van der Waals surface area contributed by atoms with Gasteiger partial charge in [-0.1, -0.05) is 29.9 Å². The molecule has 0 saturated carbocycles. The lowest BCUT2D eigenvalue weighted by molar-refractivity contribution is 0.0998. The Labute approximate surface area is 126 Å². The van der Waals surface area contributed by atoms with Gasteiger partial charge in [0, 0.05) is 10.9 Å². The first-order chi connectivity index (χ1) is 10.1. The molecule has 0 aliphatic carbocycles. The van der Waals surface area contributed by atoms with Crippen LogP contribution in [0.3, 0.4) is 0 Å². The maximum absolute atomic E-state index is 12.3. The maximum atomic E-state index is 12.3. The monoisotopic (exact) mass is 301 g/mol. The van der Waals surface area contributed by atoms with Crippen molar-refractivity contribution in [1.82, 2.24) is 10.2 Å². The fraction of sp³-hybridized carbons (Fsp3) is 0.267. The van der Waals surface area contributed by atoms with Crippen molar-refractivity contribution in [2.75, 3.05) is 5.32 Å². The van der Waals surface area contributed by atoms with Crippen molar-refractivity contribution in [3.8, 4) is 0 Å². The second kappa shape index (κ2) is 5.29. The lowest BCUT2D eigenvalue weighted by Gasteiger charge is -1.98. The van der Waals surface area contributed by atoms with E-state index in [0.717, 1.165) is 33.5 Å². The highest BCUT2D eigenvalue weighted by atomic mass is 32.1. The van der Waals surface area contributed by atoms with Crippen LogP contribution in [-0.4, -0.2) is 16.1 Å². The summed E-state index contributed by atoms with van der Waals surface area (Å²) < 4.78 is 5.67. The third-order valence-electron chi connectivity index (χ3n) is 3.29. The van der Waals surface area contributed by atoms with Crippen molar-refractivity contribution >= 4 is 33.3 Å². The quantitative estimate of drug-likeness (QED) is 0.800. The summed E-state index contributed by atoms with van der Waals surface area (Å²) in [6.45, 7) is 5.90. The number of anilines is 1. The molecule has 0 aliphatic heterocycles. The predicted octanol–water partition coefficient (Wildman–Crippen LogP) is 3.72. The molecule has 0 radical (unpaired) electrons. The van der Waals surface area contributed by atoms with Crippen molar-refractivity contribution in [1.29, 1.82) is 0 Å². The zero-order chi connectivity index (χ0) is 15.0. The third-order valence-corrected chi connectivity index (χ3v) is 4.27. The Balaban J connectivity index is 1.92. The Bertz CT molecular complexity index is 820. The molecule has 0 bridgehead atoms. The summed E-state index contributed by atoms with van der Waals surface area (Å²) in [6, 6.07) is 5.87. The highest BCUT2D eigenvalue weighted by molar-refractivity contribution is 7.15. The lowest BCUT2D eigenvalue weighted by Crippen LogP contribution is -2.11. The molecule has 1 aromatic carbocycles. The fourth-order valence-corrected chi connectivity index (χ4v) is 2.83. The topological polar surface area (TPSA) is 68.0 Å². The van der Waals surface area contributed by atoms with Crippen molar-refractivity contribution < 1.29 is 9.21 Å². The van der Waals surface area contributed by atoms with Crippen molar-refractivity contribution in [2.24, 2.45) is 0 Å². The highest BCUT2D eigenvalue weighted by Gasteiger charge is 2.19. The average molecular weight is 301 g/mol. The van der Waals surface area contributed by atoms with Gasteiger partial charge in [-0.15, -0.1) is 10.2 Å². The number of carbonyl (C=O) groups is 1. The van der Waals surface area contributed by atoms with Gasteiger partial charge < -0.3 is 4.42 Å². The molecular formula is C15H15N3O2S. The van der Waals surface area contributed by atoms with Crippen LogP contribution in [0.15, 0.2) is 22.6 Å². The van der Waals surface area contributed by atoms with Crippen LogP contribution in [0.25, 0.3) is 11.0 Å². The van der Waals surface area contributed by atoms with E-state index in [1.807, 2.05) is 39.0 Å². The Morgan fingerprint density at radius 2 is 2.14 bits per heavy atom. The first-order valence-electron chi connectivity index (χ1n) is 6.72. The van der Waals surface area contributed by atoms with Gasteiger partial charge in [-0.25, -0.2) is 0 Å². The van der Waals surface area contributed by atoms with E-state index in [0.29, 0.717) is 10.9 Å². The highest BCUT2D eigenvalue weighted by Crippen LogP contribution is 2.27. The summed E-state index contributed by atoms with van der Waals surface area (Å²) in [5.74, 6) is 0.0315. The number of aryl methyl sites for hydroxylation is 3. The van der Waals surface area contributed by atoms with E-state index in [4.69, 9.17) is 4.42 Å². The molecule has 0 unspecified atom stereocenters. The number of furan rings is 1. The molecule has 0 spiro atoms. The van der Waals surface area contributed by atoms with Gasteiger partial charge >= 0.3 is 0 Å². The Hall–Kier alpha value is -2.21. The van der Waals surface area contributed by atoms with Gasteiger partial charge in [0.2, 0.25) is 5.13 Å². The minimum absolute atomic E-state index is 0.292. The third kappa shape index (κ3) is 2.54.